The molecule has 0 aliphatic rings. The summed E-state index contributed by atoms with van der Waals surface area (Å²) in [5, 5.41) is 4.17. The molecule has 3 rings (SSSR count). The van der Waals surface area contributed by atoms with Gasteiger partial charge in [0.1, 0.15) is 0 Å². The van der Waals surface area contributed by atoms with Crippen molar-refractivity contribution in [3.8, 4) is 0 Å². The number of H-pyrrole nitrogens is 1. The molecule has 3 heteroatoms. The molecule has 0 saturated carbocycles. The monoisotopic (exact) mass is 318 g/mol. The standard InChI is InChI=1S/C21H22N2O/c1-15-7-8-17(16(2)13-15)9-10-21(24)22-12-11-18-14-23-20-6-4-3-5-19(18)20/h3-10,13-14,23H,11-12H2,1-2H3,(H,22,24). The summed E-state index contributed by atoms with van der Waals surface area (Å²) in [4.78, 5) is 15.2. The lowest BCUT2D eigenvalue weighted by atomic mass is 10.1. The minimum Gasteiger partial charge on any atom is -0.361 e. The molecule has 0 aliphatic heterocycles. The zero-order valence-electron chi connectivity index (χ0n) is 14.1. The second kappa shape index (κ2) is 7.18. The van der Waals surface area contributed by atoms with Crippen molar-refractivity contribution in [3.63, 3.8) is 0 Å². The third kappa shape index (κ3) is 3.74. The molecule has 3 aromatic rings. The molecule has 2 aromatic carbocycles. The summed E-state index contributed by atoms with van der Waals surface area (Å²) in [6.45, 7) is 4.75. The topological polar surface area (TPSA) is 44.9 Å². The first-order chi connectivity index (χ1) is 11.6. The lowest BCUT2D eigenvalue weighted by Crippen LogP contribution is -2.23. The molecule has 0 spiro atoms. The number of para-hydroxylation sites is 1. The molecular formula is C21H22N2O. The number of rotatable bonds is 5. The van der Waals surface area contributed by atoms with Gasteiger partial charge in [0.15, 0.2) is 0 Å². The van der Waals surface area contributed by atoms with Crippen molar-refractivity contribution < 1.29 is 4.79 Å². The van der Waals surface area contributed by atoms with Crippen LogP contribution in [-0.4, -0.2) is 17.4 Å². The van der Waals surface area contributed by atoms with Gasteiger partial charge in [0.2, 0.25) is 5.91 Å². The van der Waals surface area contributed by atoms with Crippen molar-refractivity contribution in [1.82, 2.24) is 10.3 Å². The van der Waals surface area contributed by atoms with Crippen molar-refractivity contribution in [2.75, 3.05) is 6.54 Å². The Hall–Kier alpha value is -2.81. The van der Waals surface area contributed by atoms with Crippen molar-refractivity contribution in [2.45, 2.75) is 20.3 Å². The lowest BCUT2D eigenvalue weighted by molar-refractivity contribution is -0.116. The number of hydrogen-bond acceptors (Lipinski definition) is 1. The van der Waals surface area contributed by atoms with Crippen LogP contribution in [0, 0.1) is 13.8 Å². The highest BCUT2D eigenvalue weighted by Crippen LogP contribution is 2.17. The number of aromatic nitrogens is 1. The van der Waals surface area contributed by atoms with Gasteiger partial charge in [-0.3, -0.25) is 4.79 Å². The van der Waals surface area contributed by atoms with Gasteiger partial charge in [-0.25, -0.2) is 0 Å². The molecule has 1 aromatic heterocycles. The van der Waals surface area contributed by atoms with E-state index in [1.807, 2.05) is 30.5 Å². The summed E-state index contributed by atoms with van der Waals surface area (Å²) in [7, 11) is 0. The Balaban J connectivity index is 1.55. The van der Waals surface area contributed by atoms with Crippen molar-refractivity contribution in [2.24, 2.45) is 0 Å². The van der Waals surface area contributed by atoms with E-state index in [0.717, 1.165) is 17.5 Å². The molecule has 122 valence electrons. The third-order valence-corrected chi connectivity index (χ3v) is 4.21. The molecule has 0 unspecified atom stereocenters. The van der Waals surface area contributed by atoms with Crippen molar-refractivity contribution in [1.29, 1.82) is 0 Å². The van der Waals surface area contributed by atoms with Crippen LogP contribution in [0.2, 0.25) is 0 Å². The van der Waals surface area contributed by atoms with Crippen LogP contribution in [0.1, 0.15) is 22.3 Å². The molecule has 1 heterocycles. The Morgan fingerprint density at radius 2 is 2.00 bits per heavy atom. The highest BCUT2D eigenvalue weighted by atomic mass is 16.1. The minimum absolute atomic E-state index is 0.0604. The maximum absolute atomic E-state index is 12.0. The molecular weight excluding hydrogens is 296 g/mol. The molecule has 0 bridgehead atoms. The largest absolute Gasteiger partial charge is 0.361 e. The average Bonchev–Trinajstić information content (AvgIpc) is 2.97. The summed E-state index contributed by atoms with van der Waals surface area (Å²) in [6, 6.07) is 14.4. The van der Waals surface area contributed by atoms with E-state index in [2.05, 4.69) is 48.4 Å². The fraction of sp³-hybridized carbons (Fsp3) is 0.190. The Morgan fingerprint density at radius 3 is 2.83 bits per heavy atom. The third-order valence-electron chi connectivity index (χ3n) is 4.21. The molecule has 0 saturated heterocycles. The van der Waals surface area contributed by atoms with Gasteiger partial charge in [0.05, 0.1) is 0 Å². The molecule has 1 amide bonds. The van der Waals surface area contributed by atoms with Crippen LogP contribution in [-0.2, 0) is 11.2 Å². The Labute approximate surface area is 142 Å². The van der Waals surface area contributed by atoms with Crippen LogP contribution in [0.15, 0.2) is 54.7 Å². The van der Waals surface area contributed by atoms with Crippen molar-refractivity contribution >= 4 is 22.9 Å². The Bertz CT molecular complexity index is 890. The highest BCUT2D eigenvalue weighted by molar-refractivity contribution is 5.92. The van der Waals surface area contributed by atoms with Gasteiger partial charge in [-0.1, -0.05) is 42.0 Å². The fourth-order valence-electron chi connectivity index (χ4n) is 2.90. The van der Waals surface area contributed by atoms with Crippen molar-refractivity contribution in [3.05, 3.63) is 77.0 Å². The van der Waals surface area contributed by atoms with Gasteiger partial charge in [-0.15, -0.1) is 0 Å². The van der Waals surface area contributed by atoms with Crippen LogP contribution in [0.3, 0.4) is 0 Å². The van der Waals surface area contributed by atoms with Gasteiger partial charge in [0.25, 0.3) is 0 Å². The first-order valence-electron chi connectivity index (χ1n) is 8.21. The molecule has 0 aliphatic carbocycles. The number of carbonyl (C=O) groups excluding carboxylic acids is 1. The highest BCUT2D eigenvalue weighted by Gasteiger charge is 2.03. The summed E-state index contributed by atoms with van der Waals surface area (Å²) in [5.41, 5.74) is 5.84. The van der Waals surface area contributed by atoms with Crippen LogP contribution in [0.25, 0.3) is 17.0 Å². The van der Waals surface area contributed by atoms with Gasteiger partial charge < -0.3 is 10.3 Å². The predicted molar refractivity (Wildman–Crippen MR) is 100.0 cm³/mol. The van der Waals surface area contributed by atoms with Gasteiger partial charge >= 0.3 is 0 Å². The van der Waals surface area contributed by atoms with E-state index in [9.17, 15) is 4.79 Å². The Morgan fingerprint density at radius 1 is 1.17 bits per heavy atom. The molecule has 0 fully saturated rings. The normalized spacial score (nSPS) is 11.2. The first-order valence-corrected chi connectivity index (χ1v) is 8.21. The van der Waals surface area contributed by atoms with E-state index in [4.69, 9.17) is 0 Å². The summed E-state index contributed by atoms with van der Waals surface area (Å²) >= 11 is 0. The summed E-state index contributed by atoms with van der Waals surface area (Å²) < 4.78 is 0. The summed E-state index contributed by atoms with van der Waals surface area (Å²) in [6.07, 6.45) is 6.30. The predicted octanol–water partition coefficient (Wildman–Crippen LogP) is 4.16. The SMILES string of the molecule is Cc1ccc(C=CC(=O)NCCc2c[nH]c3ccccc23)c(C)c1. The number of amides is 1. The number of fused-ring (bicyclic) bond motifs is 1. The zero-order chi connectivity index (χ0) is 16.9. The molecule has 3 nitrogen and oxygen atoms in total. The number of nitrogens with one attached hydrogen (secondary N) is 2. The summed E-state index contributed by atoms with van der Waals surface area (Å²) in [5.74, 6) is -0.0604. The van der Waals surface area contributed by atoms with Crippen LogP contribution < -0.4 is 5.32 Å². The van der Waals surface area contributed by atoms with Gasteiger partial charge in [-0.05, 0) is 49.1 Å². The number of aromatic amines is 1. The van der Waals surface area contributed by atoms with E-state index < -0.39 is 0 Å². The molecule has 0 atom stereocenters. The number of carbonyl (C=O) groups is 1. The van der Waals surface area contributed by atoms with E-state index in [-0.39, 0.29) is 5.91 Å². The second-order valence-corrected chi connectivity index (χ2v) is 6.09. The van der Waals surface area contributed by atoms with Crippen LogP contribution >= 0.6 is 0 Å². The van der Waals surface area contributed by atoms with E-state index in [1.54, 1.807) is 6.08 Å². The van der Waals surface area contributed by atoms with Gasteiger partial charge in [0, 0.05) is 29.7 Å². The average molecular weight is 318 g/mol. The number of hydrogen-bond donors (Lipinski definition) is 2. The van der Waals surface area contributed by atoms with Crippen LogP contribution in [0.5, 0.6) is 0 Å². The minimum atomic E-state index is -0.0604. The second-order valence-electron chi connectivity index (χ2n) is 6.09. The number of aryl methyl sites for hydroxylation is 2. The van der Waals surface area contributed by atoms with Gasteiger partial charge in [-0.2, -0.15) is 0 Å². The van der Waals surface area contributed by atoms with E-state index in [0.29, 0.717) is 6.54 Å². The first kappa shape index (κ1) is 16.1. The Kier molecular flexibility index (Phi) is 4.80. The van der Waals surface area contributed by atoms with E-state index >= 15 is 0 Å². The fourth-order valence-corrected chi connectivity index (χ4v) is 2.90. The molecule has 24 heavy (non-hydrogen) atoms. The quantitative estimate of drug-likeness (QED) is 0.682. The number of benzene rings is 2. The smallest absolute Gasteiger partial charge is 0.244 e. The maximum atomic E-state index is 12.0. The molecule has 2 N–H and O–H groups in total. The van der Waals surface area contributed by atoms with Crippen LogP contribution in [0.4, 0.5) is 0 Å². The molecule has 0 radical (unpaired) electrons. The maximum Gasteiger partial charge on any atom is 0.244 e. The van der Waals surface area contributed by atoms with E-state index in [1.165, 1.54) is 22.1 Å². The lowest BCUT2D eigenvalue weighted by Gasteiger charge is -2.03. The zero-order valence-corrected chi connectivity index (χ0v) is 14.1.